The molecule has 1 aliphatic rings. The predicted molar refractivity (Wildman–Crippen MR) is 140 cm³/mol. The maximum absolute atomic E-state index is 13.8. The number of aromatic nitrogens is 2. The molecule has 4 N–H and O–H groups in total. The molecule has 0 bridgehead atoms. The van der Waals surface area contributed by atoms with E-state index in [9.17, 15) is 29.7 Å². The van der Waals surface area contributed by atoms with Crippen molar-refractivity contribution in [3.05, 3.63) is 85.6 Å². The van der Waals surface area contributed by atoms with E-state index in [1.807, 2.05) is 0 Å². The zero-order valence-corrected chi connectivity index (χ0v) is 21.2. The molecule has 2 aromatic carbocycles. The van der Waals surface area contributed by atoms with E-state index in [0.29, 0.717) is 40.1 Å². The Morgan fingerprint density at radius 3 is 2.49 bits per heavy atom. The van der Waals surface area contributed by atoms with Crippen LogP contribution < -0.4 is 20.6 Å². The van der Waals surface area contributed by atoms with Gasteiger partial charge in [-0.15, -0.1) is 0 Å². The lowest BCUT2D eigenvalue weighted by Crippen LogP contribution is -2.31. The molecule has 0 saturated carbocycles. The van der Waals surface area contributed by atoms with E-state index in [-0.39, 0.29) is 48.1 Å². The number of phenolic OH excluding ortho intramolecular Hbond substituents is 2. The van der Waals surface area contributed by atoms with Crippen LogP contribution in [-0.2, 0) is 22.5 Å². The molecule has 3 heterocycles. The first-order valence-corrected chi connectivity index (χ1v) is 12.1. The van der Waals surface area contributed by atoms with Crippen LogP contribution >= 0.6 is 0 Å². The van der Waals surface area contributed by atoms with Crippen LogP contribution in [0, 0.1) is 6.92 Å². The molecule has 11 nitrogen and oxygen atoms in total. The molecule has 0 spiro atoms. The summed E-state index contributed by atoms with van der Waals surface area (Å²) in [5.41, 5.74) is 0.467. The maximum atomic E-state index is 13.8. The van der Waals surface area contributed by atoms with Crippen molar-refractivity contribution in [1.29, 1.82) is 0 Å². The Hall–Kier alpha value is -4.93. The molecular weight excluding hydrogens is 508 g/mol. The number of pyridine rings is 2. The van der Waals surface area contributed by atoms with E-state index >= 15 is 0 Å². The molecule has 1 aliphatic heterocycles. The number of ether oxygens (including phenoxy) is 3. The topological polar surface area (TPSA) is 160 Å². The number of aryl methyl sites for hydroxylation is 2. The van der Waals surface area contributed by atoms with Gasteiger partial charge < -0.3 is 39.1 Å². The van der Waals surface area contributed by atoms with Gasteiger partial charge in [0.1, 0.15) is 5.75 Å². The number of methoxy groups -OCH3 is 1. The Bertz CT molecular complexity index is 1720. The van der Waals surface area contributed by atoms with Crippen molar-refractivity contribution in [3.8, 4) is 28.7 Å². The summed E-state index contributed by atoms with van der Waals surface area (Å²) in [6.45, 7) is 1.87. The van der Waals surface area contributed by atoms with Crippen LogP contribution in [0.25, 0.3) is 10.9 Å². The number of hydrogen-bond acceptors (Lipinski definition) is 9. The highest BCUT2D eigenvalue weighted by molar-refractivity contribution is 5.84. The molecule has 0 amide bonds. The van der Waals surface area contributed by atoms with Crippen LogP contribution in [0.4, 0.5) is 0 Å². The third-order valence-electron chi connectivity index (χ3n) is 6.88. The summed E-state index contributed by atoms with van der Waals surface area (Å²) in [4.78, 5) is 42.2. The highest BCUT2D eigenvalue weighted by Crippen LogP contribution is 2.37. The van der Waals surface area contributed by atoms with Crippen molar-refractivity contribution < 1.29 is 34.3 Å². The number of carbonyl (C=O) groups is 1. The zero-order chi connectivity index (χ0) is 27.8. The SMILES string of the molecule is COC(=O)C[C@H](c1cc2cc3c(cc2[nH]c1=O)OCO3)c1c(O)cc(C)n(CCc2ccc(O)c(O)c2)c1=O. The minimum Gasteiger partial charge on any atom is -0.507 e. The van der Waals surface area contributed by atoms with E-state index in [4.69, 9.17) is 14.2 Å². The number of rotatable bonds is 7. The lowest BCUT2D eigenvalue weighted by molar-refractivity contribution is -0.140. The number of nitrogens with zero attached hydrogens (tertiary/aromatic N) is 1. The van der Waals surface area contributed by atoms with Gasteiger partial charge in [0.25, 0.3) is 11.1 Å². The third kappa shape index (κ3) is 4.86. The lowest BCUT2D eigenvalue weighted by Gasteiger charge is -2.20. The molecule has 39 heavy (non-hydrogen) atoms. The van der Waals surface area contributed by atoms with E-state index in [1.165, 1.54) is 29.9 Å². The molecule has 0 unspecified atom stereocenters. The molecule has 202 valence electrons. The van der Waals surface area contributed by atoms with Crippen molar-refractivity contribution in [1.82, 2.24) is 9.55 Å². The smallest absolute Gasteiger partial charge is 0.306 e. The second-order valence-corrected chi connectivity index (χ2v) is 9.29. The fraction of sp³-hybridized carbons (Fsp3) is 0.250. The number of hydrogen-bond donors (Lipinski definition) is 4. The van der Waals surface area contributed by atoms with Crippen molar-refractivity contribution in [3.63, 3.8) is 0 Å². The number of aromatic amines is 1. The Morgan fingerprint density at radius 2 is 1.77 bits per heavy atom. The van der Waals surface area contributed by atoms with Gasteiger partial charge >= 0.3 is 5.97 Å². The monoisotopic (exact) mass is 534 g/mol. The summed E-state index contributed by atoms with van der Waals surface area (Å²) in [6.07, 6.45) is -0.0441. The average molecular weight is 535 g/mol. The van der Waals surface area contributed by atoms with Gasteiger partial charge in [-0.2, -0.15) is 0 Å². The quantitative estimate of drug-likeness (QED) is 0.206. The summed E-state index contributed by atoms with van der Waals surface area (Å²) in [5.74, 6) is -1.70. The van der Waals surface area contributed by atoms with Gasteiger partial charge in [0, 0.05) is 35.2 Å². The number of fused-ring (bicyclic) bond motifs is 2. The number of H-pyrrole nitrogens is 1. The van der Waals surface area contributed by atoms with Gasteiger partial charge in [-0.05, 0) is 49.2 Å². The highest BCUT2D eigenvalue weighted by atomic mass is 16.7. The number of esters is 1. The average Bonchev–Trinajstić information content (AvgIpc) is 3.35. The molecule has 11 heteroatoms. The van der Waals surface area contributed by atoms with Crippen LogP contribution in [-0.4, -0.2) is 44.7 Å². The van der Waals surface area contributed by atoms with Crippen LogP contribution in [0.15, 0.2) is 52.1 Å². The Labute approximate surface area is 221 Å². The maximum Gasteiger partial charge on any atom is 0.306 e. The molecule has 0 saturated heterocycles. The normalized spacial score (nSPS) is 13.0. The highest BCUT2D eigenvalue weighted by Gasteiger charge is 2.29. The second-order valence-electron chi connectivity index (χ2n) is 9.29. The zero-order valence-electron chi connectivity index (χ0n) is 21.2. The molecule has 0 aliphatic carbocycles. The predicted octanol–water partition coefficient (Wildman–Crippen LogP) is 2.78. The molecular formula is C28H26N2O9. The van der Waals surface area contributed by atoms with Gasteiger partial charge in [0.05, 0.1) is 24.6 Å². The van der Waals surface area contributed by atoms with Gasteiger partial charge in [0.15, 0.2) is 23.0 Å². The Morgan fingerprint density at radius 1 is 1.03 bits per heavy atom. The molecule has 0 radical (unpaired) electrons. The van der Waals surface area contributed by atoms with Crippen LogP contribution in [0.5, 0.6) is 28.7 Å². The van der Waals surface area contributed by atoms with Gasteiger partial charge in [-0.1, -0.05) is 6.07 Å². The fourth-order valence-electron chi connectivity index (χ4n) is 4.83. The van der Waals surface area contributed by atoms with Crippen molar-refractivity contribution >= 4 is 16.9 Å². The number of nitrogens with one attached hydrogen (secondary N) is 1. The number of carbonyl (C=O) groups excluding carboxylic acids is 1. The largest absolute Gasteiger partial charge is 0.507 e. The Balaban J connectivity index is 1.61. The number of aromatic hydroxyl groups is 3. The first-order valence-electron chi connectivity index (χ1n) is 12.1. The van der Waals surface area contributed by atoms with Crippen LogP contribution in [0.1, 0.15) is 34.7 Å². The summed E-state index contributed by atoms with van der Waals surface area (Å²) >= 11 is 0. The first-order chi connectivity index (χ1) is 18.7. The van der Waals surface area contributed by atoms with E-state index in [1.54, 1.807) is 31.2 Å². The molecule has 4 aromatic rings. The van der Waals surface area contributed by atoms with Gasteiger partial charge in [-0.3, -0.25) is 14.4 Å². The molecule has 5 rings (SSSR count). The van der Waals surface area contributed by atoms with E-state index < -0.39 is 23.0 Å². The fourth-order valence-corrected chi connectivity index (χ4v) is 4.83. The Kier molecular flexibility index (Phi) is 6.65. The minimum atomic E-state index is -1.12. The van der Waals surface area contributed by atoms with Gasteiger partial charge in [0.2, 0.25) is 6.79 Å². The second kappa shape index (κ2) is 10.1. The lowest BCUT2D eigenvalue weighted by atomic mass is 9.88. The number of benzene rings is 2. The van der Waals surface area contributed by atoms with Crippen LogP contribution in [0.2, 0.25) is 0 Å². The summed E-state index contributed by atoms with van der Waals surface area (Å²) < 4.78 is 17.1. The molecule has 1 atom stereocenters. The summed E-state index contributed by atoms with van der Waals surface area (Å²) in [6, 6.07) is 10.7. The van der Waals surface area contributed by atoms with Crippen molar-refractivity contribution in [2.24, 2.45) is 0 Å². The minimum absolute atomic E-state index is 0.0499. The number of phenols is 2. The van der Waals surface area contributed by atoms with E-state index in [0.717, 1.165) is 0 Å². The van der Waals surface area contributed by atoms with Crippen molar-refractivity contribution in [2.75, 3.05) is 13.9 Å². The molecule has 2 aromatic heterocycles. The standard InChI is InChI=1S/C28H26N2O9/c1-14-7-22(33)26(28(36)30(14)6-5-15-3-4-20(31)21(32)8-15)17(11-25(34)37-2)18-9-16-10-23-24(39-13-38-23)12-19(16)29-27(18)35/h3-4,7-10,12,17,31-33H,5-6,11,13H2,1-2H3,(H,29,35)/t17-/m1/s1. The van der Waals surface area contributed by atoms with E-state index in [2.05, 4.69) is 4.98 Å². The first kappa shape index (κ1) is 25.7. The molecule has 0 fully saturated rings. The van der Waals surface area contributed by atoms with Crippen molar-refractivity contribution in [2.45, 2.75) is 32.2 Å². The van der Waals surface area contributed by atoms with Crippen LogP contribution in [0.3, 0.4) is 0 Å². The summed E-state index contributed by atoms with van der Waals surface area (Å²) in [5, 5.41) is 30.9. The third-order valence-corrected chi connectivity index (χ3v) is 6.88. The van der Waals surface area contributed by atoms with Gasteiger partial charge in [-0.25, -0.2) is 0 Å². The summed E-state index contributed by atoms with van der Waals surface area (Å²) in [7, 11) is 1.20.